The summed E-state index contributed by atoms with van der Waals surface area (Å²) in [6.07, 6.45) is 0.886. The number of nitrogens with one attached hydrogen (secondary N) is 1. The maximum atomic E-state index is 11.2. The predicted octanol–water partition coefficient (Wildman–Crippen LogP) is 1.47. The van der Waals surface area contributed by atoms with Gasteiger partial charge in [0.1, 0.15) is 0 Å². The summed E-state index contributed by atoms with van der Waals surface area (Å²) in [5, 5.41) is 3.23. The van der Waals surface area contributed by atoms with Crippen molar-refractivity contribution in [3.63, 3.8) is 0 Å². The molecule has 0 saturated heterocycles. The lowest BCUT2D eigenvalue weighted by molar-refractivity contribution is -0.123. The van der Waals surface area contributed by atoms with Crippen LogP contribution in [0.1, 0.15) is 26.3 Å². The minimum atomic E-state index is -0.659. The number of rotatable bonds is 5. The molecule has 0 saturated carbocycles. The first-order chi connectivity index (χ1) is 7.42. The highest BCUT2D eigenvalue weighted by molar-refractivity contribution is 5.83. The summed E-state index contributed by atoms with van der Waals surface area (Å²) < 4.78 is 0. The second-order valence-corrected chi connectivity index (χ2v) is 4.72. The van der Waals surface area contributed by atoms with Crippen LogP contribution in [0, 0.1) is 0 Å². The number of primary amides is 1. The van der Waals surface area contributed by atoms with E-state index in [1.54, 1.807) is 13.8 Å². The van der Waals surface area contributed by atoms with Gasteiger partial charge in [0.25, 0.3) is 0 Å². The molecule has 0 heterocycles. The Morgan fingerprint density at radius 2 is 1.94 bits per heavy atom. The van der Waals surface area contributed by atoms with Crippen molar-refractivity contribution in [2.24, 2.45) is 5.73 Å². The van der Waals surface area contributed by atoms with Crippen molar-refractivity contribution in [2.75, 3.05) is 0 Å². The van der Waals surface area contributed by atoms with Crippen LogP contribution < -0.4 is 11.1 Å². The van der Waals surface area contributed by atoms with Crippen molar-refractivity contribution in [2.45, 2.75) is 38.8 Å². The van der Waals surface area contributed by atoms with Crippen molar-refractivity contribution in [1.82, 2.24) is 5.32 Å². The van der Waals surface area contributed by atoms with Crippen LogP contribution in [0.15, 0.2) is 30.3 Å². The van der Waals surface area contributed by atoms with Crippen LogP contribution in [0.3, 0.4) is 0 Å². The topological polar surface area (TPSA) is 55.1 Å². The summed E-state index contributed by atoms with van der Waals surface area (Å²) in [5.74, 6) is -0.326. The Morgan fingerprint density at radius 1 is 1.38 bits per heavy atom. The average Bonchev–Trinajstić information content (AvgIpc) is 2.17. The lowest BCUT2D eigenvalue weighted by Gasteiger charge is -2.27. The molecule has 0 bridgehead atoms. The molecule has 0 aromatic heterocycles. The largest absolute Gasteiger partial charge is 0.368 e. The molecule has 1 rings (SSSR count). The number of carbonyl (C=O) groups is 1. The van der Waals surface area contributed by atoms with E-state index in [4.69, 9.17) is 5.73 Å². The van der Waals surface area contributed by atoms with Crippen molar-refractivity contribution >= 4 is 5.91 Å². The van der Waals surface area contributed by atoms with Gasteiger partial charge in [0.05, 0.1) is 5.54 Å². The van der Waals surface area contributed by atoms with E-state index >= 15 is 0 Å². The zero-order valence-corrected chi connectivity index (χ0v) is 10.2. The van der Waals surface area contributed by atoms with Crippen LogP contribution in [0.5, 0.6) is 0 Å². The number of carbonyl (C=O) groups excluding carboxylic acids is 1. The van der Waals surface area contributed by atoms with E-state index in [9.17, 15) is 4.79 Å². The van der Waals surface area contributed by atoms with E-state index in [0.717, 1.165) is 6.42 Å². The highest BCUT2D eigenvalue weighted by Gasteiger charge is 2.26. The molecule has 3 nitrogen and oxygen atoms in total. The van der Waals surface area contributed by atoms with E-state index in [-0.39, 0.29) is 11.9 Å². The summed E-state index contributed by atoms with van der Waals surface area (Å²) in [7, 11) is 0. The Balaban J connectivity index is 2.54. The van der Waals surface area contributed by atoms with Gasteiger partial charge in [-0.3, -0.25) is 4.79 Å². The molecule has 1 aromatic rings. The molecular weight excluding hydrogens is 200 g/mol. The molecule has 1 atom stereocenters. The summed E-state index contributed by atoms with van der Waals surface area (Å²) in [4.78, 5) is 11.2. The first-order valence-electron chi connectivity index (χ1n) is 5.53. The SMILES string of the molecule is CC(Cc1ccccc1)NC(C)(C)C(N)=O. The number of hydrogen-bond donors (Lipinski definition) is 2. The highest BCUT2D eigenvalue weighted by Crippen LogP contribution is 2.07. The molecule has 1 amide bonds. The molecule has 1 aromatic carbocycles. The number of nitrogens with two attached hydrogens (primary N) is 1. The second kappa shape index (κ2) is 5.12. The monoisotopic (exact) mass is 220 g/mol. The van der Waals surface area contributed by atoms with E-state index < -0.39 is 5.54 Å². The van der Waals surface area contributed by atoms with Gasteiger partial charge in [-0.25, -0.2) is 0 Å². The number of hydrogen-bond acceptors (Lipinski definition) is 2. The smallest absolute Gasteiger partial charge is 0.237 e. The van der Waals surface area contributed by atoms with Gasteiger partial charge >= 0.3 is 0 Å². The Labute approximate surface area is 97.0 Å². The Kier molecular flexibility index (Phi) is 4.07. The highest BCUT2D eigenvalue weighted by atomic mass is 16.1. The van der Waals surface area contributed by atoms with E-state index in [0.29, 0.717) is 0 Å². The van der Waals surface area contributed by atoms with Gasteiger partial charge in [-0.15, -0.1) is 0 Å². The third-order valence-electron chi connectivity index (χ3n) is 2.61. The molecule has 0 spiro atoms. The van der Waals surface area contributed by atoms with E-state index in [1.807, 2.05) is 18.2 Å². The first kappa shape index (κ1) is 12.7. The zero-order chi connectivity index (χ0) is 12.2. The third-order valence-corrected chi connectivity index (χ3v) is 2.61. The molecule has 3 heteroatoms. The predicted molar refractivity (Wildman–Crippen MR) is 66.0 cm³/mol. The second-order valence-electron chi connectivity index (χ2n) is 4.72. The molecule has 0 radical (unpaired) electrons. The van der Waals surface area contributed by atoms with E-state index in [2.05, 4.69) is 24.4 Å². The summed E-state index contributed by atoms with van der Waals surface area (Å²) in [6, 6.07) is 10.4. The summed E-state index contributed by atoms with van der Waals surface area (Å²) in [5.41, 5.74) is 5.90. The van der Waals surface area contributed by atoms with Crippen molar-refractivity contribution in [1.29, 1.82) is 0 Å². The van der Waals surface area contributed by atoms with Crippen LogP contribution in [-0.4, -0.2) is 17.5 Å². The minimum Gasteiger partial charge on any atom is -0.368 e. The fourth-order valence-electron chi connectivity index (χ4n) is 1.71. The molecular formula is C13H20N2O. The van der Waals surface area contributed by atoms with Crippen molar-refractivity contribution < 1.29 is 4.79 Å². The maximum Gasteiger partial charge on any atom is 0.237 e. The van der Waals surface area contributed by atoms with Crippen LogP contribution in [0.25, 0.3) is 0 Å². The normalized spacial score (nSPS) is 13.4. The summed E-state index contributed by atoms with van der Waals surface area (Å²) in [6.45, 7) is 5.66. The number of amides is 1. The fourth-order valence-corrected chi connectivity index (χ4v) is 1.71. The molecule has 0 aliphatic rings. The van der Waals surface area contributed by atoms with Crippen LogP contribution in [0.2, 0.25) is 0 Å². The molecule has 16 heavy (non-hydrogen) atoms. The first-order valence-corrected chi connectivity index (χ1v) is 5.53. The van der Waals surface area contributed by atoms with Gasteiger partial charge in [-0.05, 0) is 32.8 Å². The van der Waals surface area contributed by atoms with Crippen molar-refractivity contribution in [3.05, 3.63) is 35.9 Å². The maximum absolute atomic E-state index is 11.2. The molecule has 0 aliphatic carbocycles. The van der Waals surface area contributed by atoms with E-state index in [1.165, 1.54) is 5.56 Å². The summed E-state index contributed by atoms with van der Waals surface area (Å²) >= 11 is 0. The Bertz CT molecular complexity index is 346. The van der Waals surface area contributed by atoms with Gasteiger partial charge in [-0.1, -0.05) is 30.3 Å². The third kappa shape index (κ3) is 3.66. The standard InChI is InChI=1S/C13H20N2O/c1-10(15-13(2,3)12(14)16)9-11-7-5-4-6-8-11/h4-8,10,15H,9H2,1-3H3,(H2,14,16). The van der Waals surface area contributed by atoms with Gasteiger partial charge < -0.3 is 11.1 Å². The molecule has 3 N–H and O–H groups in total. The van der Waals surface area contributed by atoms with Crippen LogP contribution >= 0.6 is 0 Å². The molecule has 0 fully saturated rings. The number of benzene rings is 1. The van der Waals surface area contributed by atoms with Crippen LogP contribution in [0.4, 0.5) is 0 Å². The van der Waals surface area contributed by atoms with Gasteiger partial charge in [-0.2, -0.15) is 0 Å². The minimum absolute atomic E-state index is 0.213. The van der Waals surface area contributed by atoms with Gasteiger partial charge in [0, 0.05) is 6.04 Å². The lowest BCUT2D eigenvalue weighted by Crippen LogP contribution is -2.54. The average molecular weight is 220 g/mol. The van der Waals surface area contributed by atoms with Crippen molar-refractivity contribution in [3.8, 4) is 0 Å². The molecule has 88 valence electrons. The zero-order valence-electron chi connectivity index (χ0n) is 10.2. The van der Waals surface area contributed by atoms with Gasteiger partial charge in [0.2, 0.25) is 5.91 Å². The molecule has 0 aliphatic heterocycles. The van der Waals surface area contributed by atoms with Gasteiger partial charge in [0.15, 0.2) is 0 Å². The Morgan fingerprint density at radius 3 is 2.44 bits per heavy atom. The quantitative estimate of drug-likeness (QED) is 0.789. The fraction of sp³-hybridized carbons (Fsp3) is 0.462. The lowest BCUT2D eigenvalue weighted by atomic mass is 10.0. The van der Waals surface area contributed by atoms with Crippen LogP contribution in [-0.2, 0) is 11.2 Å². The Hall–Kier alpha value is -1.35. The molecule has 1 unspecified atom stereocenters.